The summed E-state index contributed by atoms with van der Waals surface area (Å²) < 4.78 is 7.10. The zero-order valence-corrected chi connectivity index (χ0v) is 18.5. The number of rotatable bonds is 3. The van der Waals surface area contributed by atoms with Crippen LogP contribution in [0.25, 0.3) is 38.8 Å². The van der Waals surface area contributed by atoms with Gasteiger partial charge in [-0.25, -0.2) is 9.78 Å². The normalized spacial score (nSPS) is 11.2. The monoisotopic (exact) mass is 442 g/mol. The molecule has 0 aliphatic heterocycles. The topological polar surface area (TPSA) is 69.9 Å². The third-order valence-corrected chi connectivity index (χ3v) is 5.81. The minimum Gasteiger partial charge on any atom is -0.465 e. The Bertz CT molecular complexity index is 1520. The van der Waals surface area contributed by atoms with Gasteiger partial charge in [-0.15, -0.1) is 0 Å². The summed E-state index contributed by atoms with van der Waals surface area (Å²) in [6.45, 7) is 3.85. The van der Waals surface area contributed by atoms with Crippen LogP contribution in [0.2, 0.25) is 5.02 Å². The number of nitrogens with zero attached hydrogens (tertiary/aromatic N) is 4. The first-order valence-electron chi connectivity index (χ1n) is 10.1. The van der Waals surface area contributed by atoms with Crippen LogP contribution < -0.4 is 0 Å². The van der Waals surface area contributed by atoms with Crippen LogP contribution in [-0.4, -0.2) is 32.6 Å². The number of imidazole rings is 1. The summed E-state index contributed by atoms with van der Waals surface area (Å²) in [5.74, 6) is 0.301. The first-order valence-corrected chi connectivity index (χ1v) is 10.4. The number of aromatic nitrogens is 4. The van der Waals surface area contributed by atoms with Crippen LogP contribution in [0.4, 0.5) is 0 Å². The first kappa shape index (κ1) is 20.2. The van der Waals surface area contributed by atoms with E-state index in [-0.39, 0.29) is 0 Å². The molecule has 5 aromatic rings. The van der Waals surface area contributed by atoms with Gasteiger partial charge in [-0.1, -0.05) is 23.7 Å². The van der Waals surface area contributed by atoms with Crippen LogP contribution in [0.5, 0.6) is 0 Å². The fourth-order valence-corrected chi connectivity index (χ4v) is 4.30. The molecule has 0 atom stereocenters. The van der Waals surface area contributed by atoms with Gasteiger partial charge >= 0.3 is 5.97 Å². The molecule has 0 N–H and O–H groups in total. The number of aryl methyl sites for hydroxylation is 2. The molecule has 5 rings (SSSR count). The van der Waals surface area contributed by atoms with Gasteiger partial charge in [0.05, 0.1) is 34.4 Å². The van der Waals surface area contributed by atoms with Crippen molar-refractivity contribution in [2.24, 2.45) is 0 Å². The second-order valence-corrected chi connectivity index (χ2v) is 7.94. The molecule has 0 unspecified atom stereocenters. The molecule has 0 spiro atoms. The van der Waals surface area contributed by atoms with E-state index in [4.69, 9.17) is 21.3 Å². The standard InChI is InChI=1S/C25H19ClN4O2/c1-14-11-16(7-9-27-14)17-12-19(25(31)32-3)24-22(13-17)30(15(2)29-24)21-8-10-28-23-18(21)5-4-6-20(23)26/h4-13H,1-3H3. The van der Waals surface area contributed by atoms with Gasteiger partial charge in [0.25, 0.3) is 0 Å². The Kier molecular flexibility index (Phi) is 4.87. The lowest BCUT2D eigenvalue weighted by atomic mass is 10.0. The number of benzene rings is 2. The number of hydrogen-bond acceptors (Lipinski definition) is 5. The first-order chi connectivity index (χ1) is 15.5. The third-order valence-electron chi connectivity index (χ3n) is 5.50. The number of carbonyl (C=O) groups is 1. The summed E-state index contributed by atoms with van der Waals surface area (Å²) in [6.07, 6.45) is 3.49. The van der Waals surface area contributed by atoms with Crippen molar-refractivity contribution in [1.82, 2.24) is 19.5 Å². The van der Waals surface area contributed by atoms with E-state index in [0.29, 0.717) is 21.6 Å². The lowest BCUT2D eigenvalue weighted by Gasteiger charge is -2.12. The van der Waals surface area contributed by atoms with Gasteiger partial charge in [0.2, 0.25) is 0 Å². The second kappa shape index (κ2) is 7.73. The molecular weight excluding hydrogens is 424 g/mol. The zero-order valence-electron chi connectivity index (χ0n) is 17.8. The quantitative estimate of drug-likeness (QED) is 0.335. The van der Waals surface area contributed by atoms with Crippen LogP contribution in [0, 0.1) is 13.8 Å². The Morgan fingerprint density at radius 3 is 2.56 bits per heavy atom. The lowest BCUT2D eigenvalue weighted by molar-refractivity contribution is 0.0603. The second-order valence-electron chi connectivity index (χ2n) is 7.53. The Morgan fingerprint density at radius 1 is 0.969 bits per heavy atom. The summed E-state index contributed by atoms with van der Waals surface area (Å²) in [5.41, 5.74) is 6.10. The van der Waals surface area contributed by atoms with E-state index in [1.165, 1.54) is 7.11 Å². The van der Waals surface area contributed by atoms with Crippen LogP contribution in [0.15, 0.2) is 60.9 Å². The van der Waals surface area contributed by atoms with E-state index < -0.39 is 5.97 Å². The van der Waals surface area contributed by atoms with E-state index in [9.17, 15) is 4.79 Å². The highest BCUT2D eigenvalue weighted by Gasteiger charge is 2.21. The summed E-state index contributed by atoms with van der Waals surface area (Å²) in [7, 11) is 1.37. The van der Waals surface area contributed by atoms with Crippen molar-refractivity contribution >= 4 is 39.5 Å². The number of methoxy groups -OCH3 is 1. The van der Waals surface area contributed by atoms with Gasteiger partial charge in [0.15, 0.2) is 0 Å². The molecule has 0 aliphatic carbocycles. The maximum atomic E-state index is 12.7. The fraction of sp³-hybridized carbons (Fsp3) is 0.120. The molecular formula is C25H19ClN4O2. The number of hydrogen-bond donors (Lipinski definition) is 0. The molecule has 0 saturated carbocycles. The largest absolute Gasteiger partial charge is 0.465 e. The average molecular weight is 443 g/mol. The minimum atomic E-state index is -0.435. The zero-order chi connectivity index (χ0) is 22.4. The highest BCUT2D eigenvalue weighted by Crippen LogP contribution is 2.33. The number of para-hydroxylation sites is 1. The molecule has 0 amide bonds. The van der Waals surface area contributed by atoms with E-state index in [1.54, 1.807) is 12.4 Å². The highest BCUT2D eigenvalue weighted by atomic mass is 35.5. The van der Waals surface area contributed by atoms with Crippen molar-refractivity contribution in [2.45, 2.75) is 13.8 Å². The highest BCUT2D eigenvalue weighted by molar-refractivity contribution is 6.35. The SMILES string of the molecule is COC(=O)c1cc(-c2ccnc(C)c2)cc2c1nc(C)n2-c1ccnc2c(Cl)cccc12. The van der Waals surface area contributed by atoms with Crippen LogP contribution in [0.1, 0.15) is 21.9 Å². The number of ether oxygens (including phenoxy) is 1. The third kappa shape index (κ3) is 3.20. The maximum Gasteiger partial charge on any atom is 0.340 e. The number of pyridine rings is 2. The van der Waals surface area contributed by atoms with Crippen molar-refractivity contribution in [3.8, 4) is 16.8 Å². The summed E-state index contributed by atoms with van der Waals surface area (Å²) in [5, 5.41) is 1.47. The Hall–Kier alpha value is -3.77. The Balaban J connectivity index is 1.88. The smallest absolute Gasteiger partial charge is 0.340 e. The summed E-state index contributed by atoms with van der Waals surface area (Å²) >= 11 is 6.40. The van der Waals surface area contributed by atoms with E-state index in [1.807, 2.05) is 66.9 Å². The number of halogens is 1. The summed E-state index contributed by atoms with van der Waals surface area (Å²) in [4.78, 5) is 26.1. The lowest BCUT2D eigenvalue weighted by Crippen LogP contribution is -2.03. The molecule has 158 valence electrons. The van der Waals surface area contributed by atoms with Crippen molar-refractivity contribution in [2.75, 3.05) is 7.11 Å². The van der Waals surface area contributed by atoms with E-state index in [0.717, 1.165) is 39.2 Å². The van der Waals surface area contributed by atoms with Crippen molar-refractivity contribution in [1.29, 1.82) is 0 Å². The van der Waals surface area contributed by atoms with E-state index >= 15 is 0 Å². The van der Waals surface area contributed by atoms with Gasteiger partial charge in [-0.2, -0.15) is 0 Å². The predicted octanol–water partition coefficient (Wildman–Crippen LogP) is 5.69. The molecule has 6 nitrogen and oxygen atoms in total. The van der Waals surface area contributed by atoms with Gasteiger partial charge in [-0.3, -0.25) is 14.5 Å². The van der Waals surface area contributed by atoms with Gasteiger partial charge in [0, 0.05) is 23.5 Å². The predicted molar refractivity (Wildman–Crippen MR) is 125 cm³/mol. The molecule has 0 bridgehead atoms. The van der Waals surface area contributed by atoms with Gasteiger partial charge in [-0.05, 0) is 61.4 Å². The van der Waals surface area contributed by atoms with Crippen molar-refractivity contribution in [3.05, 3.63) is 83.0 Å². The maximum absolute atomic E-state index is 12.7. The molecule has 3 heterocycles. The van der Waals surface area contributed by atoms with Crippen LogP contribution >= 0.6 is 11.6 Å². The van der Waals surface area contributed by atoms with Crippen LogP contribution in [-0.2, 0) is 4.74 Å². The Morgan fingerprint density at radius 2 is 1.78 bits per heavy atom. The summed E-state index contributed by atoms with van der Waals surface area (Å²) in [6, 6.07) is 15.4. The molecule has 0 fully saturated rings. The average Bonchev–Trinajstić information content (AvgIpc) is 3.13. The molecule has 0 saturated heterocycles. The Labute approximate surface area is 189 Å². The molecule has 3 aromatic heterocycles. The minimum absolute atomic E-state index is 0.410. The van der Waals surface area contributed by atoms with Crippen molar-refractivity contribution < 1.29 is 9.53 Å². The number of esters is 1. The van der Waals surface area contributed by atoms with Crippen molar-refractivity contribution in [3.63, 3.8) is 0 Å². The van der Waals surface area contributed by atoms with Crippen LogP contribution in [0.3, 0.4) is 0 Å². The fourth-order valence-electron chi connectivity index (χ4n) is 4.08. The molecule has 2 aromatic carbocycles. The van der Waals surface area contributed by atoms with E-state index in [2.05, 4.69) is 9.97 Å². The number of fused-ring (bicyclic) bond motifs is 2. The van der Waals surface area contributed by atoms with Gasteiger partial charge < -0.3 is 4.74 Å². The number of carbonyl (C=O) groups excluding carboxylic acids is 1. The molecule has 32 heavy (non-hydrogen) atoms. The molecule has 0 aliphatic rings. The van der Waals surface area contributed by atoms with Gasteiger partial charge in [0.1, 0.15) is 11.3 Å². The molecule has 7 heteroatoms. The molecule has 0 radical (unpaired) electrons.